The number of carboxylic acids is 3. The van der Waals surface area contributed by atoms with Crippen LogP contribution in [0.25, 0.3) is 0 Å². The molecule has 0 aliphatic carbocycles. The molecule has 18 heteroatoms. The van der Waals surface area contributed by atoms with Crippen molar-refractivity contribution in [3.8, 4) is 0 Å². The van der Waals surface area contributed by atoms with Gasteiger partial charge in [-0.1, -0.05) is 50.6 Å². The van der Waals surface area contributed by atoms with E-state index in [4.69, 9.17) is 0 Å². The second kappa shape index (κ2) is 21.4. The van der Waals surface area contributed by atoms with Crippen molar-refractivity contribution in [1.82, 2.24) is 31.9 Å². The van der Waals surface area contributed by atoms with Crippen LogP contribution in [0.1, 0.15) is 70.4 Å². The van der Waals surface area contributed by atoms with Crippen molar-refractivity contribution in [2.24, 2.45) is 5.92 Å². The number of amides is 6. The maximum atomic E-state index is 13.4. The highest BCUT2D eigenvalue weighted by Gasteiger charge is 2.34. The Hall–Kier alpha value is -5.55. The Balaban J connectivity index is 3.10. The normalized spacial score (nSPS) is 13.1. The average molecular weight is 707 g/mol. The highest BCUT2D eigenvalue weighted by molar-refractivity contribution is 5.97. The smallest absolute Gasteiger partial charge is 0.305 e. The highest BCUT2D eigenvalue weighted by atomic mass is 16.4. The highest BCUT2D eigenvalue weighted by Crippen LogP contribution is 2.08. The van der Waals surface area contributed by atoms with Crippen LogP contribution in [0.4, 0.5) is 0 Å². The molecule has 1 rings (SSSR count). The van der Waals surface area contributed by atoms with Crippen molar-refractivity contribution in [2.75, 3.05) is 6.54 Å². The quantitative estimate of drug-likeness (QED) is 0.0697. The number of carbonyl (C=O) groups is 9. The number of carboxylic acid groups (broad SMARTS) is 3. The van der Waals surface area contributed by atoms with Crippen molar-refractivity contribution in [3.05, 3.63) is 35.4 Å². The summed E-state index contributed by atoms with van der Waals surface area (Å²) in [5, 5.41) is 42.1. The molecular formula is C32H46N6O12. The van der Waals surface area contributed by atoms with Crippen LogP contribution >= 0.6 is 0 Å². The lowest BCUT2D eigenvalue weighted by molar-refractivity contribution is -0.142. The van der Waals surface area contributed by atoms with Crippen LogP contribution in [0.15, 0.2) is 24.3 Å². The fourth-order valence-electron chi connectivity index (χ4n) is 4.35. The van der Waals surface area contributed by atoms with Gasteiger partial charge in [0, 0.05) is 32.4 Å². The number of rotatable bonds is 22. The molecule has 4 unspecified atom stereocenters. The number of aliphatic carboxylic acids is 3. The Bertz CT molecular complexity index is 1400. The second-order valence-electron chi connectivity index (χ2n) is 11.8. The van der Waals surface area contributed by atoms with Gasteiger partial charge in [0.1, 0.15) is 24.2 Å². The van der Waals surface area contributed by atoms with Crippen LogP contribution in [0, 0.1) is 12.8 Å². The molecule has 0 aliphatic rings. The van der Waals surface area contributed by atoms with Gasteiger partial charge < -0.3 is 47.2 Å². The first-order valence-corrected chi connectivity index (χ1v) is 15.9. The first-order valence-electron chi connectivity index (χ1n) is 15.9. The van der Waals surface area contributed by atoms with E-state index in [0.29, 0.717) is 0 Å². The van der Waals surface area contributed by atoms with Crippen molar-refractivity contribution in [2.45, 2.75) is 96.9 Å². The molecule has 9 N–H and O–H groups in total. The number of benzene rings is 1. The van der Waals surface area contributed by atoms with E-state index in [9.17, 15) is 58.5 Å². The zero-order valence-electron chi connectivity index (χ0n) is 28.4. The molecule has 0 aliphatic heterocycles. The third kappa shape index (κ3) is 16.5. The molecule has 0 radical (unpaired) electrons. The van der Waals surface area contributed by atoms with Gasteiger partial charge in [-0.05, 0) is 24.8 Å². The molecule has 1 aromatic rings. The molecule has 0 bridgehead atoms. The van der Waals surface area contributed by atoms with Gasteiger partial charge in [-0.25, -0.2) is 0 Å². The average Bonchev–Trinajstić information content (AvgIpc) is 3.03. The molecular weight excluding hydrogens is 660 g/mol. The van der Waals surface area contributed by atoms with E-state index in [1.807, 2.05) is 19.1 Å². The molecule has 18 nitrogen and oxygen atoms in total. The largest absolute Gasteiger partial charge is 0.481 e. The van der Waals surface area contributed by atoms with E-state index >= 15 is 0 Å². The lowest BCUT2D eigenvalue weighted by Gasteiger charge is -2.27. The molecule has 6 amide bonds. The number of aryl methyl sites for hydroxylation is 1. The number of nitrogens with one attached hydrogen (secondary N) is 6. The maximum absolute atomic E-state index is 13.4. The fraction of sp³-hybridized carbons (Fsp3) is 0.531. The van der Waals surface area contributed by atoms with E-state index in [1.165, 1.54) is 13.8 Å². The monoisotopic (exact) mass is 706 g/mol. The van der Waals surface area contributed by atoms with Crippen LogP contribution in [-0.4, -0.2) is 99.4 Å². The van der Waals surface area contributed by atoms with Crippen LogP contribution in [0.2, 0.25) is 0 Å². The van der Waals surface area contributed by atoms with E-state index in [-0.39, 0.29) is 31.8 Å². The summed E-state index contributed by atoms with van der Waals surface area (Å²) in [7, 11) is 0. The summed E-state index contributed by atoms with van der Waals surface area (Å²) in [4.78, 5) is 111. The lowest BCUT2D eigenvalue weighted by atomic mass is 10.0. The molecule has 0 saturated heterocycles. The summed E-state index contributed by atoms with van der Waals surface area (Å²) in [5.41, 5.74) is 1.71. The van der Waals surface area contributed by atoms with Crippen LogP contribution in [0.3, 0.4) is 0 Å². The van der Waals surface area contributed by atoms with Gasteiger partial charge in [0.05, 0.1) is 12.8 Å². The first kappa shape index (κ1) is 42.5. The Morgan fingerprint density at radius 3 is 1.68 bits per heavy atom. The van der Waals surface area contributed by atoms with E-state index in [0.717, 1.165) is 11.1 Å². The van der Waals surface area contributed by atoms with Gasteiger partial charge in [-0.15, -0.1) is 0 Å². The van der Waals surface area contributed by atoms with Gasteiger partial charge in [0.25, 0.3) is 0 Å². The molecule has 1 aromatic carbocycles. The minimum absolute atomic E-state index is 0.0408. The second-order valence-corrected chi connectivity index (χ2v) is 11.8. The zero-order valence-corrected chi connectivity index (χ0v) is 28.4. The minimum Gasteiger partial charge on any atom is -0.481 e. The summed E-state index contributed by atoms with van der Waals surface area (Å²) in [6.07, 6.45) is -2.96. The summed E-state index contributed by atoms with van der Waals surface area (Å²) >= 11 is 0. The molecule has 276 valence electrons. The Morgan fingerprint density at radius 2 is 1.16 bits per heavy atom. The molecule has 0 fully saturated rings. The molecule has 0 heterocycles. The van der Waals surface area contributed by atoms with E-state index < -0.39 is 103 Å². The predicted molar refractivity (Wildman–Crippen MR) is 175 cm³/mol. The molecule has 0 saturated carbocycles. The van der Waals surface area contributed by atoms with Crippen LogP contribution in [0.5, 0.6) is 0 Å². The SMILES string of the molecule is CCC(=O)NCCC(=O)NC(CC(=O)O)C(=O)NC(CCC(=O)O)C(=O)NC(C(=O)NC(CC(=O)O)C(=O)NCc1ccc(C)cc1)C(C)C. The lowest BCUT2D eigenvalue weighted by Crippen LogP contribution is -2.59. The van der Waals surface area contributed by atoms with Gasteiger partial charge in [-0.2, -0.15) is 0 Å². The Labute approximate surface area is 288 Å². The number of hydrogen-bond donors (Lipinski definition) is 9. The van der Waals surface area contributed by atoms with Gasteiger partial charge in [0.2, 0.25) is 35.4 Å². The fourth-order valence-corrected chi connectivity index (χ4v) is 4.35. The van der Waals surface area contributed by atoms with Crippen molar-refractivity contribution in [1.29, 1.82) is 0 Å². The summed E-state index contributed by atoms with van der Waals surface area (Å²) in [6, 6.07) is 0.899. The van der Waals surface area contributed by atoms with E-state index in [1.54, 1.807) is 19.1 Å². The summed E-state index contributed by atoms with van der Waals surface area (Å²) in [6.45, 7) is 6.48. The Morgan fingerprint density at radius 1 is 0.620 bits per heavy atom. The summed E-state index contributed by atoms with van der Waals surface area (Å²) in [5.74, 6) is -9.93. The van der Waals surface area contributed by atoms with Gasteiger partial charge in [0.15, 0.2) is 0 Å². The number of hydrogen-bond acceptors (Lipinski definition) is 9. The molecule has 0 aromatic heterocycles. The van der Waals surface area contributed by atoms with Gasteiger partial charge in [-0.3, -0.25) is 43.2 Å². The Kier molecular flexibility index (Phi) is 18.2. The first-order chi connectivity index (χ1) is 23.4. The van der Waals surface area contributed by atoms with E-state index in [2.05, 4.69) is 31.9 Å². The molecule has 0 spiro atoms. The predicted octanol–water partition coefficient (Wildman–Crippen LogP) is -1.06. The standard InChI is InChI=1S/C32H46N6O12/c1-5-23(39)33-13-12-24(40)35-22(15-27(45)46)31(49)36-20(10-11-25(41)42)30(48)38-28(17(2)3)32(50)37-21(14-26(43)44)29(47)34-16-19-8-6-18(4)7-9-19/h6-9,17,20-22,28H,5,10-16H2,1-4H3,(H,33,39)(H,34,47)(H,35,40)(H,36,49)(H,37,50)(H,38,48)(H,41,42)(H,43,44)(H,45,46). The zero-order chi connectivity index (χ0) is 38.0. The number of carbonyl (C=O) groups excluding carboxylic acids is 6. The molecule has 50 heavy (non-hydrogen) atoms. The van der Waals surface area contributed by atoms with Crippen molar-refractivity contribution in [3.63, 3.8) is 0 Å². The summed E-state index contributed by atoms with van der Waals surface area (Å²) < 4.78 is 0. The topological polar surface area (TPSA) is 286 Å². The van der Waals surface area contributed by atoms with Crippen LogP contribution in [-0.2, 0) is 49.7 Å². The maximum Gasteiger partial charge on any atom is 0.305 e. The minimum atomic E-state index is -1.69. The third-order valence-electron chi connectivity index (χ3n) is 7.15. The van der Waals surface area contributed by atoms with Crippen molar-refractivity contribution >= 4 is 53.4 Å². The van der Waals surface area contributed by atoms with Crippen molar-refractivity contribution < 1.29 is 58.5 Å². The van der Waals surface area contributed by atoms with Gasteiger partial charge >= 0.3 is 17.9 Å². The molecule has 4 atom stereocenters. The van der Waals surface area contributed by atoms with Crippen LogP contribution < -0.4 is 31.9 Å². The third-order valence-corrected chi connectivity index (χ3v) is 7.15.